The van der Waals surface area contributed by atoms with Crippen LogP contribution in [0.15, 0.2) is 35.1 Å². The lowest BCUT2D eigenvalue weighted by Crippen LogP contribution is -2.59. The van der Waals surface area contributed by atoms with Crippen LogP contribution < -0.4 is 10.6 Å². The van der Waals surface area contributed by atoms with Gasteiger partial charge in [-0.2, -0.15) is 4.98 Å². The Labute approximate surface area is 322 Å². The number of fused-ring (bicyclic) bond motifs is 1. The van der Waals surface area contributed by atoms with Crippen molar-refractivity contribution < 1.29 is 13.9 Å². The highest BCUT2D eigenvalue weighted by Gasteiger charge is 2.37. The molecule has 2 aliphatic heterocycles. The number of aromatic nitrogens is 5. The minimum atomic E-state index is -0.645. The molecule has 5 heterocycles. The number of hydrogen-bond donors (Lipinski definition) is 0. The molecule has 0 spiro atoms. The fourth-order valence-electron chi connectivity index (χ4n) is 7.22. The summed E-state index contributed by atoms with van der Waals surface area (Å²) in [5, 5.41) is 0.719. The van der Waals surface area contributed by atoms with Gasteiger partial charge < -0.3 is 19.4 Å². The van der Waals surface area contributed by atoms with E-state index in [2.05, 4.69) is 16.8 Å². The minimum Gasteiger partial charge on any atom is -0.444 e. The second-order valence-electron chi connectivity index (χ2n) is 16.4. The quantitative estimate of drug-likeness (QED) is 0.198. The lowest BCUT2D eigenvalue weighted by Gasteiger charge is -2.44. The third-order valence-corrected chi connectivity index (χ3v) is 10.4. The van der Waals surface area contributed by atoms with E-state index in [9.17, 15) is 9.59 Å². The standard InChI is InChI=1S/C40H53ClFN9O3/c1-23(2)32-35(33(24(3)4)44-31(43-32)22-48-17-15-47(10)16-18-48)51-37-28(19-29(41)34(45-37)27-13-11-12-14-30(27)42)36(46-38(51)52)49-20-26(6)50(21-25(49)5)39(53)54-40(7,8)9/h11-14,19,23-26H,15-18,20-22H2,1-10H3/t25-,26+/m0/s1. The highest BCUT2D eigenvalue weighted by Crippen LogP contribution is 2.37. The van der Waals surface area contributed by atoms with Gasteiger partial charge in [0, 0.05) is 56.9 Å². The minimum absolute atomic E-state index is 0.0893. The first-order valence-corrected chi connectivity index (χ1v) is 19.3. The molecule has 290 valence electrons. The fraction of sp³-hybridized carbons (Fsp3) is 0.550. The molecule has 0 unspecified atom stereocenters. The molecule has 0 bridgehead atoms. The van der Waals surface area contributed by atoms with E-state index in [4.69, 9.17) is 36.3 Å². The number of nitrogens with zero attached hydrogens (tertiary/aromatic N) is 9. The van der Waals surface area contributed by atoms with Crippen LogP contribution in [0.2, 0.25) is 5.02 Å². The lowest BCUT2D eigenvalue weighted by molar-refractivity contribution is 0.0130. The number of pyridine rings is 1. The highest BCUT2D eigenvalue weighted by atomic mass is 35.5. The molecule has 2 atom stereocenters. The number of halogens is 2. The van der Waals surface area contributed by atoms with E-state index in [1.807, 2.05) is 67.2 Å². The van der Waals surface area contributed by atoms with Gasteiger partial charge in [0.1, 0.15) is 23.1 Å². The Bertz CT molecular complexity index is 2060. The molecule has 2 saturated heterocycles. The first-order chi connectivity index (χ1) is 25.4. The maximum absolute atomic E-state index is 15.4. The average Bonchev–Trinajstić information content (AvgIpc) is 3.09. The number of amides is 1. The van der Waals surface area contributed by atoms with Crippen molar-refractivity contribution in [2.75, 3.05) is 51.2 Å². The molecule has 0 aliphatic carbocycles. The summed E-state index contributed by atoms with van der Waals surface area (Å²) in [7, 11) is 2.13. The number of rotatable bonds is 7. The summed E-state index contributed by atoms with van der Waals surface area (Å²) in [6.07, 6.45) is -0.396. The van der Waals surface area contributed by atoms with E-state index in [-0.39, 0.29) is 45.8 Å². The maximum atomic E-state index is 15.4. The SMILES string of the molecule is CC(C)c1nc(CN2CCN(C)CC2)nc(C(C)C)c1-n1c(=O)nc(N2C[C@@H](C)N(C(=O)OC(C)(C)C)C[C@@H]2C)c2cc(Cl)c(-c3ccccc3F)nc21. The first kappa shape index (κ1) is 39.5. The van der Waals surface area contributed by atoms with Crippen molar-refractivity contribution >= 4 is 34.5 Å². The van der Waals surface area contributed by atoms with Gasteiger partial charge in [-0.3, -0.25) is 4.90 Å². The second kappa shape index (κ2) is 15.5. The van der Waals surface area contributed by atoms with Crippen LogP contribution in [0.25, 0.3) is 28.0 Å². The summed E-state index contributed by atoms with van der Waals surface area (Å²) in [5.74, 6) is 0.416. The second-order valence-corrected chi connectivity index (χ2v) is 16.8. The summed E-state index contributed by atoms with van der Waals surface area (Å²) < 4.78 is 22.6. The lowest BCUT2D eigenvalue weighted by atomic mass is 10.0. The van der Waals surface area contributed by atoms with Crippen molar-refractivity contribution in [3.8, 4) is 16.9 Å². The van der Waals surface area contributed by atoms with Gasteiger partial charge in [0.05, 0.1) is 39.7 Å². The van der Waals surface area contributed by atoms with E-state index in [0.717, 1.165) is 26.2 Å². The maximum Gasteiger partial charge on any atom is 0.410 e. The van der Waals surface area contributed by atoms with Gasteiger partial charge in [0.15, 0.2) is 5.65 Å². The van der Waals surface area contributed by atoms with Crippen molar-refractivity contribution in [3.05, 3.63) is 68.9 Å². The van der Waals surface area contributed by atoms with Crippen LogP contribution in [-0.2, 0) is 11.3 Å². The van der Waals surface area contributed by atoms with Crippen LogP contribution in [0.5, 0.6) is 0 Å². The Morgan fingerprint density at radius 2 is 1.57 bits per heavy atom. The number of carbonyl (C=O) groups excluding carboxylic acids is 1. The number of anilines is 1. The van der Waals surface area contributed by atoms with E-state index < -0.39 is 23.2 Å². The van der Waals surface area contributed by atoms with Gasteiger partial charge >= 0.3 is 11.8 Å². The topological polar surface area (TPSA) is 113 Å². The van der Waals surface area contributed by atoms with Crippen molar-refractivity contribution in [2.45, 2.75) is 98.4 Å². The van der Waals surface area contributed by atoms with Crippen LogP contribution in [0.1, 0.15) is 91.4 Å². The molecular weight excluding hydrogens is 709 g/mol. The molecule has 3 aromatic heterocycles. The van der Waals surface area contributed by atoms with E-state index in [1.54, 1.807) is 29.2 Å². The first-order valence-electron chi connectivity index (χ1n) is 18.9. The van der Waals surface area contributed by atoms with Crippen molar-refractivity contribution in [1.82, 2.24) is 39.2 Å². The third kappa shape index (κ3) is 8.08. The van der Waals surface area contributed by atoms with E-state index >= 15 is 4.39 Å². The molecule has 54 heavy (non-hydrogen) atoms. The van der Waals surface area contributed by atoms with Gasteiger partial charge in [0.25, 0.3) is 0 Å². The molecule has 1 aromatic carbocycles. The van der Waals surface area contributed by atoms with Crippen molar-refractivity contribution in [1.29, 1.82) is 0 Å². The monoisotopic (exact) mass is 761 g/mol. The molecule has 6 rings (SSSR count). The summed E-state index contributed by atoms with van der Waals surface area (Å²) >= 11 is 6.97. The summed E-state index contributed by atoms with van der Waals surface area (Å²) in [6, 6.07) is 7.51. The molecule has 4 aromatic rings. The molecule has 2 aliphatic rings. The van der Waals surface area contributed by atoms with Crippen molar-refractivity contribution in [2.24, 2.45) is 0 Å². The number of piperazine rings is 2. The number of ether oxygens (including phenoxy) is 1. The highest BCUT2D eigenvalue weighted by molar-refractivity contribution is 6.33. The molecule has 1 amide bonds. The van der Waals surface area contributed by atoms with Crippen LogP contribution >= 0.6 is 11.6 Å². The van der Waals surface area contributed by atoms with Gasteiger partial charge in [-0.05, 0) is 71.7 Å². The summed E-state index contributed by atoms with van der Waals surface area (Å²) in [5.41, 5.74) is 1.40. The van der Waals surface area contributed by atoms with Gasteiger partial charge in [-0.15, -0.1) is 0 Å². The van der Waals surface area contributed by atoms with Crippen LogP contribution in [0.4, 0.5) is 15.0 Å². The third-order valence-electron chi connectivity index (χ3n) is 10.1. The largest absolute Gasteiger partial charge is 0.444 e. The zero-order valence-corrected chi connectivity index (χ0v) is 33.9. The predicted molar refractivity (Wildman–Crippen MR) is 211 cm³/mol. The molecule has 12 nitrogen and oxygen atoms in total. The smallest absolute Gasteiger partial charge is 0.410 e. The van der Waals surface area contributed by atoms with Crippen LogP contribution in [-0.4, -0.2) is 109 Å². The number of likely N-dealkylation sites (N-methyl/N-ethyl adjacent to an activating group) is 1. The van der Waals surface area contributed by atoms with Crippen molar-refractivity contribution in [3.63, 3.8) is 0 Å². The number of hydrogen-bond acceptors (Lipinski definition) is 10. The molecule has 14 heteroatoms. The van der Waals surface area contributed by atoms with Gasteiger partial charge in [-0.25, -0.2) is 33.5 Å². The molecular formula is C40H53ClFN9O3. The number of carbonyl (C=O) groups is 1. The molecule has 0 saturated carbocycles. The predicted octanol–water partition coefficient (Wildman–Crippen LogP) is 6.86. The average molecular weight is 762 g/mol. The van der Waals surface area contributed by atoms with E-state index in [1.165, 1.54) is 10.6 Å². The Kier molecular flexibility index (Phi) is 11.3. The van der Waals surface area contributed by atoms with Gasteiger partial charge in [0.2, 0.25) is 0 Å². The van der Waals surface area contributed by atoms with Crippen LogP contribution in [0.3, 0.4) is 0 Å². The van der Waals surface area contributed by atoms with E-state index in [0.29, 0.717) is 53.7 Å². The summed E-state index contributed by atoms with van der Waals surface area (Å²) in [6.45, 7) is 22.7. The zero-order chi connectivity index (χ0) is 39.2. The molecule has 2 fully saturated rings. The summed E-state index contributed by atoms with van der Waals surface area (Å²) in [4.78, 5) is 56.3. The Hall–Kier alpha value is -4.20. The Morgan fingerprint density at radius 1 is 0.944 bits per heavy atom. The Morgan fingerprint density at radius 3 is 2.17 bits per heavy atom. The normalized spacial score (nSPS) is 19.0. The number of benzene rings is 1. The van der Waals surface area contributed by atoms with Gasteiger partial charge in [-0.1, -0.05) is 51.4 Å². The fourth-order valence-corrected chi connectivity index (χ4v) is 7.47. The molecule has 0 radical (unpaired) electrons. The zero-order valence-electron chi connectivity index (χ0n) is 33.2. The molecule has 0 N–H and O–H groups in total. The van der Waals surface area contributed by atoms with Crippen LogP contribution in [0, 0.1) is 5.82 Å². The Balaban J connectivity index is 1.56.